The van der Waals surface area contributed by atoms with Crippen LogP contribution >= 0.6 is 15.9 Å². The number of benzene rings is 1. The van der Waals surface area contributed by atoms with E-state index in [9.17, 15) is 4.79 Å². The van der Waals surface area contributed by atoms with Crippen molar-refractivity contribution < 1.29 is 9.53 Å². The largest absolute Gasteiger partial charge is 0.381 e. The van der Waals surface area contributed by atoms with Crippen LogP contribution in [0.3, 0.4) is 0 Å². The number of carbonyl (C=O) groups is 1. The first kappa shape index (κ1) is 13.1. The van der Waals surface area contributed by atoms with E-state index in [0.29, 0.717) is 5.92 Å². The first-order chi connectivity index (χ1) is 9.21. The van der Waals surface area contributed by atoms with E-state index in [2.05, 4.69) is 33.4 Å². The molecule has 102 valence electrons. The lowest BCUT2D eigenvalue weighted by molar-refractivity contribution is -0.123. The van der Waals surface area contributed by atoms with Gasteiger partial charge in [0.25, 0.3) is 0 Å². The minimum atomic E-state index is -0.264. The van der Waals surface area contributed by atoms with Gasteiger partial charge in [-0.2, -0.15) is 0 Å². The van der Waals surface area contributed by atoms with Crippen molar-refractivity contribution in [3.8, 4) is 0 Å². The average molecular weight is 324 g/mol. The number of halogens is 1. The van der Waals surface area contributed by atoms with Crippen LogP contribution in [0.1, 0.15) is 24.8 Å². The third kappa shape index (κ3) is 2.70. The van der Waals surface area contributed by atoms with Gasteiger partial charge in [0.05, 0.1) is 12.0 Å². The van der Waals surface area contributed by atoms with Crippen molar-refractivity contribution in [3.63, 3.8) is 0 Å². The number of nitrogens with one attached hydrogen (secondary N) is 1. The molecule has 0 unspecified atom stereocenters. The minimum absolute atomic E-state index is 0.182. The number of hydrogen-bond donors (Lipinski definition) is 1. The molecule has 1 aromatic rings. The number of ether oxygens (including phenoxy) is 1. The fourth-order valence-electron chi connectivity index (χ4n) is 2.69. The Morgan fingerprint density at radius 3 is 2.68 bits per heavy atom. The average Bonchev–Trinajstić information content (AvgIpc) is 3.07. The molecule has 1 amide bonds. The lowest BCUT2D eigenvalue weighted by Gasteiger charge is -2.17. The van der Waals surface area contributed by atoms with Crippen molar-refractivity contribution in [2.75, 3.05) is 19.8 Å². The Morgan fingerprint density at radius 1 is 1.37 bits per heavy atom. The van der Waals surface area contributed by atoms with Gasteiger partial charge in [0.1, 0.15) is 0 Å². The van der Waals surface area contributed by atoms with Crippen LogP contribution in [0.25, 0.3) is 0 Å². The molecule has 1 atom stereocenters. The van der Waals surface area contributed by atoms with Gasteiger partial charge in [0, 0.05) is 23.5 Å². The fourth-order valence-corrected chi connectivity index (χ4v) is 2.96. The summed E-state index contributed by atoms with van der Waals surface area (Å²) in [7, 11) is 0. The summed E-state index contributed by atoms with van der Waals surface area (Å²) in [6, 6.07) is 8.12. The highest BCUT2D eigenvalue weighted by atomic mass is 79.9. The maximum atomic E-state index is 12.4. The lowest BCUT2D eigenvalue weighted by atomic mass is 9.95. The van der Waals surface area contributed by atoms with E-state index < -0.39 is 0 Å². The highest BCUT2D eigenvalue weighted by Gasteiger charge is 2.51. The standard InChI is InChI=1S/C15H18BrNO2/c16-13-3-1-12(2-4-13)15(6-7-15)14(18)17-9-11-5-8-19-10-11/h1-4,11H,5-10H2,(H,17,18)/t11-/m0/s1. The second-order valence-corrected chi connectivity index (χ2v) is 6.44. The number of rotatable bonds is 4. The molecular weight excluding hydrogens is 306 g/mol. The summed E-state index contributed by atoms with van der Waals surface area (Å²) in [6.07, 6.45) is 2.98. The molecule has 3 rings (SSSR count). The first-order valence-corrected chi connectivity index (χ1v) is 7.62. The van der Waals surface area contributed by atoms with Gasteiger partial charge in [-0.3, -0.25) is 4.79 Å². The molecule has 3 nitrogen and oxygen atoms in total. The van der Waals surface area contributed by atoms with Crippen LogP contribution < -0.4 is 5.32 Å². The summed E-state index contributed by atoms with van der Waals surface area (Å²) in [6.45, 7) is 2.36. The molecular formula is C15H18BrNO2. The first-order valence-electron chi connectivity index (χ1n) is 6.83. The van der Waals surface area contributed by atoms with E-state index >= 15 is 0 Å². The SMILES string of the molecule is O=C(NC[C@@H]1CCOC1)C1(c2ccc(Br)cc2)CC1. The highest BCUT2D eigenvalue weighted by Crippen LogP contribution is 2.48. The third-order valence-corrected chi connectivity index (χ3v) is 4.69. The molecule has 0 spiro atoms. The molecule has 0 aromatic heterocycles. The molecule has 1 N–H and O–H groups in total. The molecule has 19 heavy (non-hydrogen) atoms. The Bertz CT molecular complexity index is 462. The Balaban J connectivity index is 1.63. The van der Waals surface area contributed by atoms with Crippen LogP contribution in [0, 0.1) is 5.92 Å². The zero-order chi connectivity index (χ0) is 13.3. The second-order valence-electron chi connectivity index (χ2n) is 5.53. The predicted molar refractivity (Wildman–Crippen MR) is 77.0 cm³/mol. The molecule has 1 aliphatic carbocycles. The number of amides is 1. The van der Waals surface area contributed by atoms with Gasteiger partial charge in [-0.05, 0) is 37.0 Å². The van der Waals surface area contributed by atoms with E-state index in [1.807, 2.05) is 12.1 Å². The molecule has 1 aromatic carbocycles. The Hall–Kier alpha value is -0.870. The third-order valence-electron chi connectivity index (χ3n) is 4.16. The van der Waals surface area contributed by atoms with Gasteiger partial charge in [-0.15, -0.1) is 0 Å². The molecule has 0 radical (unpaired) electrons. The highest BCUT2D eigenvalue weighted by molar-refractivity contribution is 9.10. The van der Waals surface area contributed by atoms with Crippen LogP contribution in [0.5, 0.6) is 0 Å². The predicted octanol–water partition coefficient (Wildman–Crippen LogP) is 2.63. The van der Waals surface area contributed by atoms with Crippen molar-refractivity contribution in [1.82, 2.24) is 5.32 Å². The normalized spacial score (nSPS) is 24.2. The second kappa shape index (κ2) is 5.25. The molecule has 1 aliphatic heterocycles. The molecule has 4 heteroatoms. The molecule has 0 bridgehead atoms. The van der Waals surface area contributed by atoms with E-state index in [1.54, 1.807) is 0 Å². The van der Waals surface area contributed by atoms with Crippen molar-refractivity contribution in [3.05, 3.63) is 34.3 Å². The summed E-state index contributed by atoms with van der Waals surface area (Å²) in [4.78, 5) is 12.4. The Labute approximate surface area is 121 Å². The molecule has 1 heterocycles. The van der Waals surface area contributed by atoms with Gasteiger partial charge in [-0.25, -0.2) is 0 Å². The van der Waals surface area contributed by atoms with E-state index in [-0.39, 0.29) is 11.3 Å². The van der Waals surface area contributed by atoms with Gasteiger partial charge < -0.3 is 10.1 Å². The van der Waals surface area contributed by atoms with Crippen LogP contribution in [-0.4, -0.2) is 25.7 Å². The lowest BCUT2D eigenvalue weighted by Crippen LogP contribution is -2.37. The van der Waals surface area contributed by atoms with Gasteiger partial charge in [0.15, 0.2) is 0 Å². The topological polar surface area (TPSA) is 38.3 Å². The molecule has 2 aliphatic rings. The number of carbonyl (C=O) groups excluding carboxylic acids is 1. The number of hydrogen-bond acceptors (Lipinski definition) is 2. The van der Waals surface area contributed by atoms with Crippen LogP contribution in [0.15, 0.2) is 28.7 Å². The summed E-state index contributed by atoms with van der Waals surface area (Å²) >= 11 is 3.43. The van der Waals surface area contributed by atoms with Crippen molar-refractivity contribution in [2.24, 2.45) is 5.92 Å². The monoisotopic (exact) mass is 323 g/mol. The van der Waals surface area contributed by atoms with E-state index in [0.717, 1.165) is 49.1 Å². The van der Waals surface area contributed by atoms with Gasteiger partial charge in [-0.1, -0.05) is 28.1 Å². The molecule has 1 saturated carbocycles. The fraction of sp³-hybridized carbons (Fsp3) is 0.533. The van der Waals surface area contributed by atoms with Gasteiger partial charge >= 0.3 is 0 Å². The molecule has 1 saturated heterocycles. The molecule has 2 fully saturated rings. The van der Waals surface area contributed by atoms with Crippen LogP contribution in [0.2, 0.25) is 0 Å². The van der Waals surface area contributed by atoms with Crippen molar-refractivity contribution >= 4 is 21.8 Å². The summed E-state index contributed by atoms with van der Waals surface area (Å²) in [5.74, 6) is 0.673. The van der Waals surface area contributed by atoms with Crippen molar-refractivity contribution in [1.29, 1.82) is 0 Å². The van der Waals surface area contributed by atoms with Crippen LogP contribution in [-0.2, 0) is 14.9 Å². The van der Waals surface area contributed by atoms with Crippen molar-refractivity contribution in [2.45, 2.75) is 24.7 Å². The Morgan fingerprint density at radius 2 is 2.11 bits per heavy atom. The zero-order valence-corrected chi connectivity index (χ0v) is 12.4. The summed E-state index contributed by atoms with van der Waals surface area (Å²) < 4.78 is 6.38. The van der Waals surface area contributed by atoms with E-state index in [4.69, 9.17) is 4.74 Å². The zero-order valence-electron chi connectivity index (χ0n) is 10.8. The smallest absolute Gasteiger partial charge is 0.230 e. The van der Waals surface area contributed by atoms with Crippen LogP contribution in [0.4, 0.5) is 0 Å². The minimum Gasteiger partial charge on any atom is -0.381 e. The summed E-state index contributed by atoms with van der Waals surface area (Å²) in [5.41, 5.74) is 0.871. The Kier molecular flexibility index (Phi) is 3.63. The maximum absolute atomic E-state index is 12.4. The quantitative estimate of drug-likeness (QED) is 0.925. The van der Waals surface area contributed by atoms with Gasteiger partial charge in [0.2, 0.25) is 5.91 Å². The van der Waals surface area contributed by atoms with E-state index in [1.165, 1.54) is 0 Å². The summed E-state index contributed by atoms with van der Waals surface area (Å²) in [5, 5.41) is 3.11. The maximum Gasteiger partial charge on any atom is 0.230 e.